The first kappa shape index (κ1) is 13.7. The zero-order valence-corrected chi connectivity index (χ0v) is 9.70. The monoisotopic (exact) mass is 282 g/mol. The molecule has 1 rings (SSSR count). The first-order valence-electron chi connectivity index (χ1n) is 4.12. The van der Waals surface area contributed by atoms with Crippen LogP contribution in [0.2, 0.25) is 5.02 Å². The van der Waals surface area contributed by atoms with Crippen LogP contribution in [0, 0.1) is 0 Å². The van der Waals surface area contributed by atoms with E-state index in [0.717, 1.165) is 12.3 Å². The molecule has 17 heavy (non-hydrogen) atoms. The largest absolute Gasteiger partial charge is 0.417 e. The number of hydrazone groups is 1. The quantitative estimate of drug-likeness (QED) is 0.494. The maximum atomic E-state index is 12.3. The highest BCUT2D eigenvalue weighted by molar-refractivity contribution is 7.80. The predicted molar refractivity (Wildman–Crippen MR) is 61.8 cm³/mol. The fourth-order valence-electron chi connectivity index (χ4n) is 0.856. The number of halogens is 4. The number of nitrogens with zero attached hydrogens (tertiary/aromatic N) is 2. The summed E-state index contributed by atoms with van der Waals surface area (Å²) in [5.41, 5.74) is 6.45. The zero-order chi connectivity index (χ0) is 13.1. The van der Waals surface area contributed by atoms with Gasteiger partial charge in [-0.1, -0.05) is 11.6 Å². The van der Waals surface area contributed by atoms with Crippen molar-refractivity contribution < 1.29 is 13.2 Å². The van der Waals surface area contributed by atoms with Gasteiger partial charge in [-0.25, -0.2) is 0 Å². The fraction of sp³-hybridized carbons (Fsp3) is 0.125. The molecule has 0 aliphatic rings. The molecule has 0 amide bonds. The van der Waals surface area contributed by atoms with Gasteiger partial charge in [0.1, 0.15) is 5.69 Å². The Labute approximate surface area is 105 Å². The van der Waals surface area contributed by atoms with E-state index in [2.05, 4.69) is 27.7 Å². The Morgan fingerprint density at radius 2 is 2.24 bits per heavy atom. The van der Waals surface area contributed by atoms with Gasteiger partial charge in [-0.05, 0) is 18.3 Å². The number of pyridine rings is 1. The van der Waals surface area contributed by atoms with Gasteiger partial charge in [0, 0.05) is 6.20 Å². The first-order chi connectivity index (χ1) is 7.80. The van der Waals surface area contributed by atoms with E-state index in [1.807, 2.05) is 0 Å². The van der Waals surface area contributed by atoms with Crippen molar-refractivity contribution in [2.75, 3.05) is 0 Å². The lowest BCUT2D eigenvalue weighted by Crippen LogP contribution is -2.24. The second kappa shape index (κ2) is 5.28. The molecule has 0 radical (unpaired) electrons. The predicted octanol–water partition coefficient (Wildman–Crippen LogP) is 1.92. The van der Waals surface area contributed by atoms with Crippen LogP contribution in [0.4, 0.5) is 13.2 Å². The maximum Gasteiger partial charge on any atom is 0.417 e. The molecule has 0 saturated heterocycles. The lowest BCUT2D eigenvalue weighted by Gasteiger charge is -2.06. The van der Waals surface area contributed by atoms with Gasteiger partial charge in [-0.3, -0.25) is 10.4 Å². The van der Waals surface area contributed by atoms with Crippen molar-refractivity contribution in [1.29, 1.82) is 0 Å². The molecule has 0 fully saturated rings. The zero-order valence-electron chi connectivity index (χ0n) is 8.12. The Bertz CT molecular complexity index is 461. The molecule has 1 aromatic rings. The summed E-state index contributed by atoms with van der Waals surface area (Å²) in [4.78, 5) is 3.52. The topological polar surface area (TPSA) is 63.3 Å². The average Bonchev–Trinajstić information content (AvgIpc) is 2.18. The van der Waals surface area contributed by atoms with E-state index in [1.165, 1.54) is 0 Å². The van der Waals surface area contributed by atoms with Crippen LogP contribution in [0.3, 0.4) is 0 Å². The molecule has 92 valence electrons. The van der Waals surface area contributed by atoms with E-state index in [0.29, 0.717) is 6.20 Å². The van der Waals surface area contributed by atoms with Gasteiger partial charge in [0.05, 0.1) is 16.8 Å². The molecule has 0 aliphatic carbocycles. The van der Waals surface area contributed by atoms with Crippen LogP contribution in [-0.2, 0) is 6.18 Å². The number of alkyl halides is 3. The average molecular weight is 283 g/mol. The van der Waals surface area contributed by atoms with Crippen molar-refractivity contribution in [3.8, 4) is 0 Å². The summed E-state index contributed by atoms with van der Waals surface area (Å²) >= 11 is 10.1. The molecule has 0 spiro atoms. The number of aromatic nitrogens is 1. The Morgan fingerprint density at radius 3 is 2.71 bits per heavy atom. The normalized spacial score (nSPS) is 11.8. The minimum atomic E-state index is -4.48. The molecular formula is C8H6ClF3N4S. The van der Waals surface area contributed by atoms with Crippen LogP contribution in [0.1, 0.15) is 11.3 Å². The minimum Gasteiger partial charge on any atom is -0.375 e. The minimum absolute atomic E-state index is 0.0726. The molecule has 0 aromatic carbocycles. The van der Waals surface area contributed by atoms with Crippen molar-refractivity contribution in [2.24, 2.45) is 10.8 Å². The number of thiocarbonyl (C=S) groups is 1. The summed E-state index contributed by atoms with van der Waals surface area (Å²) in [5.74, 6) is 0. The number of nitrogens with one attached hydrogen (secondary N) is 1. The molecule has 0 saturated carbocycles. The summed E-state index contributed by atoms with van der Waals surface area (Å²) in [6, 6.07) is 0.761. The first-order valence-corrected chi connectivity index (χ1v) is 4.90. The second-order valence-corrected chi connectivity index (χ2v) is 3.67. The number of hydrogen-bond donors (Lipinski definition) is 2. The van der Waals surface area contributed by atoms with Crippen molar-refractivity contribution in [2.45, 2.75) is 6.18 Å². The molecular weight excluding hydrogens is 277 g/mol. The third-order valence-corrected chi connectivity index (χ3v) is 1.95. The van der Waals surface area contributed by atoms with Gasteiger partial charge < -0.3 is 5.73 Å². The van der Waals surface area contributed by atoms with Crippen molar-refractivity contribution >= 4 is 35.1 Å². The highest BCUT2D eigenvalue weighted by atomic mass is 35.5. The Hall–Kier alpha value is -1.41. The van der Waals surface area contributed by atoms with Gasteiger partial charge >= 0.3 is 6.18 Å². The van der Waals surface area contributed by atoms with Gasteiger partial charge in [0.2, 0.25) is 0 Å². The summed E-state index contributed by atoms with van der Waals surface area (Å²) in [7, 11) is 0. The molecule has 0 aliphatic heterocycles. The maximum absolute atomic E-state index is 12.3. The summed E-state index contributed by atoms with van der Waals surface area (Å²) in [5, 5.41) is 3.27. The highest BCUT2D eigenvalue weighted by Crippen LogP contribution is 2.30. The van der Waals surface area contributed by atoms with Crippen LogP contribution in [0.25, 0.3) is 0 Å². The Morgan fingerprint density at radius 1 is 1.59 bits per heavy atom. The van der Waals surface area contributed by atoms with Crippen LogP contribution in [0.5, 0.6) is 0 Å². The van der Waals surface area contributed by atoms with E-state index in [1.54, 1.807) is 0 Å². The third-order valence-electron chi connectivity index (χ3n) is 1.56. The summed E-state index contributed by atoms with van der Waals surface area (Å²) in [6.07, 6.45) is -2.71. The SMILES string of the molecule is NC(=S)N/N=C/c1ncc(C(F)(F)F)cc1Cl. The number of nitrogens with two attached hydrogens (primary N) is 1. The van der Waals surface area contributed by atoms with Gasteiger partial charge in [-0.15, -0.1) is 0 Å². The number of rotatable bonds is 2. The highest BCUT2D eigenvalue weighted by Gasteiger charge is 2.31. The molecule has 1 heterocycles. The lowest BCUT2D eigenvalue weighted by molar-refractivity contribution is -0.137. The third kappa shape index (κ3) is 4.16. The fourth-order valence-corrected chi connectivity index (χ4v) is 1.12. The van der Waals surface area contributed by atoms with E-state index in [4.69, 9.17) is 17.3 Å². The van der Waals surface area contributed by atoms with E-state index in [-0.39, 0.29) is 15.8 Å². The van der Waals surface area contributed by atoms with Crippen molar-refractivity contribution in [3.63, 3.8) is 0 Å². The van der Waals surface area contributed by atoms with E-state index in [9.17, 15) is 13.2 Å². The Kier molecular flexibility index (Phi) is 4.24. The molecule has 0 bridgehead atoms. The molecule has 9 heteroatoms. The van der Waals surface area contributed by atoms with Crippen molar-refractivity contribution in [1.82, 2.24) is 10.4 Å². The molecule has 0 unspecified atom stereocenters. The standard InChI is InChI=1S/C8H6ClF3N4S/c9-5-1-4(8(10,11)12)2-14-6(5)3-15-16-7(13)17/h1-3H,(H3,13,16,17)/b15-3+. The van der Waals surface area contributed by atoms with Crippen LogP contribution in [-0.4, -0.2) is 16.3 Å². The van der Waals surface area contributed by atoms with Gasteiger partial charge in [0.25, 0.3) is 0 Å². The molecule has 0 atom stereocenters. The van der Waals surface area contributed by atoms with Gasteiger partial charge in [-0.2, -0.15) is 18.3 Å². The molecule has 3 N–H and O–H groups in total. The van der Waals surface area contributed by atoms with Gasteiger partial charge in [0.15, 0.2) is 5.11 Å². The summed E-state index contributed by atoms with van der Waals surface area (Å²) in [6.45, 7) is 0. The molecule has 4 nitrogen and oxygen atoms in total. The van der Waals surface area contributed by atoms with Crippen molar-refractivity contribution in [3.05, 3.63) is 28.5 Å². The number of hydrogen-bond acceptors (Lipinski definition) is 3. The molecule has 1 aromatic heterocycles. The lowest BCUT2D eigenvalue weighted by atomic mass is 10.2. The smallest absolute Gasteiger partial charge is 0.375 e. The van der Waals surface area contributed by atoms with E-state index >= 15 is 0 Å². The second-order valence-electron chi connectivity index (χ2n) is 2.82. The van der Waals surface area contributed by atoms with Crippen LogP contribution < -0.4 is 11.2 Å². The van der Waals surface area contributed by atoms with Crippen LogP contribution >= 0.6 is 23.8 Å². The Balaban J connectivity index is 2.91. The van der Waals surface area contributed by atoms with E-state index < -0.39 is 11.7 Å². The summed E-state index contributed by atoms with van der Waals surface area (Å²) < 4.78 is 36.8. The van der Waals surface area contributed by atoms with Crippen LogP contribution in [0.15, 0.2) is 17.4 Å².